The fourth-order valence-corrected chi connectivity index (χ4v) is 0.444. The largest absolute Gasteiger partial charge is 0.449 e. The maximum atomic E-state index is 10.4. The molecule has 6 nitrogen and oxygen atoms in total. The number of hydrogen-bond donors (Lipinski definition) is 0. The van der Waals surface area contributed by atoms with E-state index in [0.717, 1.165) is 0 Å². The van der Waals surface area contributed by atoms with Crippen molar-refractivity contribution in [3.8, 4) is 0 Å². The van der Waals surface area contributed by atoms with Crippen molar-refractivity contribution in [2.24, 2.45) is 0 Å². The van der Waals surface area contributed by atoms with E-state index in [1.165, 1.54) is 0 Å². The minimum atomic E-state index is -1.10. The predicted molar refractivity (Wildman–Crippen MR) is 37.8 cm³/mol. The molecule has 66 valence electrons. The van der Waals surface area contributed by atoms with Crippen LogP contribution in [0.15, 0.2) is 30.8 Å². The molecule has 0 fully saturated rings. The minimum absolute atomic E-state index is 0.112. The Kier molecular flexibility index (Phi) is 2.18. The van der Waals surface area contributed by atoms with Gasteiger partial charge in [-0.05, 0) is 12.5 Å². The highest BCUT2D eigenvalue weighted by Crippen LogP contribution is 1.84. The lowest BCUT2D eigenvalue weighted by Crippen LogP contribution is -2.14. The molecular weight excluding hydrogens is 166 g/mol. The topological polar surface area (TPSA) is 74.6 Å². The van der Waals surface area contributed by atoms with E-state index in [2.05, 4.69) is 20.5 Å². The maximum absolute atomic E-state index is 10.4. The second-order valence-electron chi connectivity index (χ2n) is 2.21. The van der Waals surface area contributed by atoms with Crippen LogP contribution in [0.5, 0.6) is 0 Å². The van der Waals surface area contributed by atoms with Crippen LogP contribution in [0.3, 0.4) is 0 Å². The van der Waals surface area contributed by atoms with E-state index >= 15 is 0 Å². The Hall–Kier alpha value is -1.72. The van der Waals surface area contributed by atoms with Crippen LogP contribution in [0, 0.1) is 0 Å². The average Bonchev–Trinajstić information content (AvgIpc) is 2.28. The fraction of sp³-hybridized carbons (Fsp3) is 0.333. The summed E-state index contributed by atoms with van der Waals surface area (Å²) in [6.45, 7) is 5.34. The Morgan fingerprint density at radius 1 is 1.50 bits per heavy atom. The molecule has 0 saturated heterocycles. The zero-order valence-corrected chi connectivity index (χ0v) is 6.40. The van der Waals surface area contributed by atoms with Gasteiger partial charge in [0, 0.05) is 0 Å². The van der Waals surface area contributed by atoms with Crippen molar-refractivity contribution in [1.82, 2.24) is 5.08 Å². The molecule has 1 aromatic rings. The normalized spacial score (nSPS) is 9.75. The van der Waals surface area contributed by atoms with E-state index in [-0.39, 0.29) is 6.61 Å². The van der Waals surface area contributed by atoms with Gasteiger partial charge in [-0.2, -0.15) is 0 Å². The lowest BCUT2D eigenvalue weighted by atomic mass is 10.4. The van der Waals surface area contributed by atoms with Gasteiger partial charge in [0.15, 0.2) is 0 Å². The van der Waals surface area contributed by atoms with Crippen molar-refractivity contribution in [3.05, 3.63) is 33.0 Å². The number of nitrogens with zero attached hydrogens (tertiary/aromatic N) is 1. The highest BCUT2D eigenvalue weighted by molar-refractivity contribution is 4.86. The van der Waals surface area contributed by atoms with Crippen LogP contribution >= 0.6 is 0 Å². The zero-order valence-electron chi connectivity index (χ0n) is 6.40. The van der Waals surface area contributed by atoms with Crippen molar-refractivity contribution < 1.29 is 13.9 Å². The summed E-state index contributed by atoms with van der Waals surface area (Å²) in [5.74, 6) is 0. The zero-order chi connectivity index (χ0) is 9.14. The molecule has 12 heavy (non-hydrogen) atoms. The summed E-state index contributed by atoms with van der Waals surface area (Å²) >= 11 is 0. The molecule has 0 radical (unpaired) electrons. The van der Waals surface area contributed by atoms with Crippen LogP contribution in [0.1, 0.15) is 6.92 Å². The quantitative estimate of drug-likeness (QED) is 0.450. The summed E-state index contributed by atoms with van der Waals surface area (Å²) in [6, 6.07) is 0. The van der Waals surface area contributed by atoms with Gasteiger partial charge in [-0.3, -0.25) is 9.05 Å². The summed E-state index contributed by atoms with van der Waals surface area (Å²) in [5.41, 5.74) is -1.50. The first-order valence-electron chi connectivity index (χ1n) is 3.11. The molecule has 1 rings (SSSR count). The average molecular weight is 173 g/mol. The Morgan fingerprint density at radius 2 is 2.00 bits per heavy atom. The first-order chi connectivity index (χ1) is 5.59. The van der Waals surface area contributed by atoms with Gasteiger partial charge >= 0.3 is 11.3 Å². The van der Waals surface area contributed by atoms with E-state index in [1.807, 2.05) is 0 Å². The van der Waals surface area contributed by atoms with Crippen LogP contribution < -0.4 is 16.1 Å². The monoisotopic (exact) mass is 173 g/mol. The van der Waals surface area contributed by atoms with Gasteiger partial charge in [-0.15, -0.1) is 0 Å². The van der Waals surface area contributed by atoms with E-state index in [4.69, 9.17) is 0 Å². The molecule has 1 aromatic heterocycles. The standard InChI is InChI=1S/C6H7NO5/c1-4(2)3-10-7-11-5(8)6(9)12-7/h1,3H2,2H3. The molecule has 0 N–H and O–H groups in total. The third-order valence-corrected chi connectivity index (χ3v) is 0.898. The minimum Gasteiger partial charge on any atom is -0.353 e. The lowest BCUT2D eigenvalue weighted by Gasteiger charge is -1.97. The van der Waals surface area contributed by atoms with Crippen molar-refractivity contribution >= 4 is 0 Å². The number of rotatable bonds is 3. The van der Waals surface area contributed by atoms with Gasteiger partial charge in [0.05, 0.1) is 0 Å². The molecule has 0 bridgehead atoms. The summed E-state index contributed by atoms with van der Waals surface area (Å²) in [6.07, 6.45) is 0. The van der Waals surface area contributed by atoms with E-state index in [1.54, 1.807) is 6.92 Å². The molecule has 6 heteroatoms. The molecule has 0 aromatic carbocycles. The second-order valence-corrected chi connectivity index (χ2v) is 2.21. The third-order valence-electron chi connectivity index (χ3n) is 0.898. The van der Waals surface area contributed by atoms with E-state index in [9.17, 15) is 9.59 Å². The van der Waals surface area contributed by atoms with Crippen LogP contribution in [0.2, 0.25) is 0 Å². The van der Waals surface area contributed by atoms with E-state index < -0.39 is 11.3 Å². The molecule has 0 aliphatic carbocycles. The molecule has 1 heterocycles. The van der Waals surface area contributed by atoms with Gasteiger partial charge in [0.1, 0.15) is 11.7 Å². The Balaban J connectivity index is 2.71. The molecule has 0 spiro atoms. The molecule has 0 atom stereocenters. The predicted octanol–water partition coefficient (Wildman–Crippen LogP) is -0.601. The molecule has 0 unspecified atom stereocenters. The Labute approximate surface area is 66.5 Å². The van der Waals surface area contributed by atoms with Gasteiger partial charge in [0.25, 0.3) is 0 Å². The van der Waals surface area contributed by atoms with Crippen molar-refractivity contribution in [3.63, 3.8) is 0 Å². The van der Waals surface area contributed by atoms with Gasteiger partial charge in [-0.1, -0.05) is 6.58 Å². The summed E-state index contributed by atoms with van der Waals surface area (Å²) < 4.78 is 8.37. The number of hydrogen-bond acceptors (Lipinski definition) is 5. The molecular formula is C6H7NO5. The van der Waals surface area contributed by atoms with Crippen LogP contribution in [-0.2, 0) is 0 Å². The molecule has 0 amide bonds. The van der Waals surface area contributed by atoms with Crippen LogP contribution in [0.4, 0.5) is 0 Å². The van der Waals surface area contributed by atoms with Crippen LogP contribution in [-0.4, -0.2) is 11.7 Å². The Bertz CT molecular complexity index is 354. The van der Waals surface area contributed by atoms with E-state index in [0.29, 0.717) is 10.6 Å². The lowest BCUT2D eigenvalue weighted by molar-refractivity contribution is -0.138. The molecule has 0 aliphatic rings. The van der Waals surface area contributed by atoms with Crippen molar-refractivity contribution in [2.75, 3.05) is 6.61 Å². The summed E-state index contributed by atoms with van der Waals surface area (Å²) in [4.78, 5) is 25.4. The second kappa shape index (κ2) is 3.12. The Morgan fingerprint density at radius 3 is 2.42 bits per heavy atom. The van der Waals surface area contributed by atoms with Crippen molar-refractivity contribution in [2.45, 2.75) is 6.92 Å². The van der Waals surface area contributed by atoms with Crippen molar-refractivity contribution in [1.29, 1.82) is 0 Å². The first-order valence-corrected chi connectivity index (χ1v) is 3.11. The fourth-order valence-electron chi connectivity index (χ4n) is 0.444. The summed E-state index contributed by atoms with van der Waals surface area (Å²) in [5, 5.41) is 0.360. The highest BCUT2D eigenvalue weighted by atomic mass is 17.0. The van der Waals surface area contributed by atoms with Gasteiger partial charge in [0.2, 0.25) is 0 Å². The molecule has 0 aliphatic heterocycles. The smallest absolute Gasteiger partial charge is 0.353 e. The first kappa shape index (κ1) is 8.38. The third kappa shape index (κ3) is 1.88. The van der Waals surface area contributed by atoms with Crippen LogP contribution in [0.25, 0.3) is 0 Å². The SMILES string of the molecule is C=C(C)COn1oc(=O)c(=O)o1. The number of aromatic nitrogens is 1. The molecule has 0 saturated carbocycles. The van der Waals surface area contributed by atoms with Gasteiger partial charge in [-0.25, -0.2) is 9.59 Å². The summed E-state index contributed by atoms with van der Waals surface area (Å²) in [7, 11) is 0. The maximum Gasteiger partial charge on any atom is 0.449 e. The van der Waals surface area contributed by atoms with Gasteiger partial charge < -0.3 is 4.84 Å². The highest BCUT2D eigenvalue weighted by Gasteiger charge is 2.04.